The number of carbonyl (C=O) groups excluding carboxylic acids is 1. The topological polar surface area (TPSA) is 64.0 Å². The van der Waals surface area contributed by atoms with Gasteiger partial charge in [-0.2, -0.15) is 0 Å². The molecule has 0 bridgehead atoms. The monoisotopic (exact) mass is 379 g/mol. The summed E-state index contributed by atoms with van der Waals surface area (Å²) in [6.45, 7) is 4.70. The molecule has 5 nitrogen and oxygen atoms in total. The van der Waals surface area contributed by atoms with Crippen LogP contribution < -0.4 is 10.9 Å². The molecule has 6 heteroatoms. The van der Waals surface area contributed by atoms with Crippen LogP contribution in [0, 0.1) is 11.7 Å². The van der Waals surface area contributed by atoms with Crippen molar-refractivity contribution in [2.45, 2.75) is 39.3 Å². The van der Waals surface area contributed by atoms with Gasteiger partial charge in [-0.25, -0.2) is 9.37 Å². The molecule has 1 unspecified atom stereocenters. The van der Waals surface area contributed by atoms with Gasteiger partial charge >= 0.3 is 0 Å². The van der Waals surface area contributed by atoms with E-state index in [4.69, 9.17) is 0 Å². The minimum atomic E-state index is -0.308. The van der Waals surface area contributed by atoms with Crippen LogP contribution in [-0.2, 0) is 13.0 Å². The highest BCUT2D eigenvalue weighted by Crippen LogP contribution is 2.23. The molecule has 4 rings (SSSR count). The molecule has 0 aliphatic carbocycles. The first-order chi connectivity index (χ1) is 13.4. The molecular formula is C22H22FN3O2. The summed E-state index contributed by atoms with van der Waals surface area (Å²) in [6, 6.07) is 10.9. The Balaban J connectivity index is 1.65. The molecule has 1 aliphatic rings. The second-order valence-electron chi connectivity index (χ2n) is 7.57. The van der Waals surface area contributed by atoms with Gasteiger partial charge < -0.3 is 5.32 Å². The molecule has 1 atom stereocenters. The molecule has 2 aromatic carbocycles. The zero-order valence-electron chi connectivity index (χ0n) is 15.9. The Morgan fingerprint density at radius 2 is 1.93 bits per heavy atom. The molecular weight excluding hydrogens is 357 g/mol. The Morgan fingerprint density at radius 1 is 1.18 bits per heavy atom. The van der Waals surface area contributed by atoms with Crippen LogP contribution in [0.25, 0.3) is 10.9 Å². The molecule has 0 fully saturated rings. The van der Waals surface area contributed by atoms with E-state index in [1.165, 1.54) is 12.1 Å². The molecule has 3 aromatic rings. The summed E-state index contributed by atoms with van der Waals surface area (Å²) in [5.41, 5.74) is 1.80. The number of aromatic nitrogens is 2. The first kappa shape index (κ1) is 18.3. The van der Waals surface area contributed by atoms with E-state index < -0.39 is 0 Å². The molecule has 144 valence electrons. The van der Waals surface area contributed by atoms with Gasteiger partial charge in [-0.15, -0.1) is 0 Å². The van der Waals surface area contributed by atoms with Crippen LogP contribution >= 0.6 is 0 Å². The number of hydrogen-bond acceptors (Lipinski definition) is 3. The number of halogens is 1. The van der Waals surface area contributed by atoms with Crippen LogP contribution in [0.1, 0.15) is 48.1 Å². The number of nitrogens with zero attached hydrogens (tertiary/aromatic N) is 2. The highest BCUT2D eigenvalue weighted by Gasteiger charge is 2.21. The van der Waals surface area contributed by atoms with Crippen molar-refractivity contribution in [3.63, 3.8) is 0 Å². The van der Waals surface area contributed by atoms with Crippen molar-refractivity contribution in [2.24, 2.45) is 5.92 Å². The molecule has 0 saturated carbocycles. The second kappa shape index (κ2) is 7.19. The van der Waals surface area contributed by atoms with Gasteiger partial charge in [0.15, 0.2) is 0 Å². The predicted molar refractivity (Wildman–Crippen MR) is 106 cm³/mol. The Bertz CT molecular complexity index is 1100. The normalized spacial score (nSPS) is 14.3. The highest BCUT2D eigenvalue weighted by atomic mass is 19.1. The lowest BCUT2D eigenvalue weighted by Gasteiger charge is -2.23. The number of aryl methyl sites for hydroxylation is 1. The largest absolute Gasteiger partial charge is 0.345 e. The van der Waals surface area contributed by atoms with Gasteiger partial charge in [0.2, 0.25) is 0 Å². The van der Waals surface area contributed by atoms with E-state index in [0.29, 0.717) is 23.0 Å². The Kier molecular flexibility index (Phi) is 4.71. The van der Waals surface area contributed by atoms with Gasteiger partial charge in [-0.1, -0.05) is 26.0 Å². The lowest BCUT2D eigenvalue weighted by molar-refractivity contribution is 0.0925. The van der Waals surface area contributed by atoms with Gasteiger partial charge in [0.1, 0.15) is 11.6 Å². The van der Waals surface area contributed by atoms with Crippen LogP contribution in [-0.4, -0.2) is 15.5 Å². The molecule has 0 spiro atoms. The maximum absolute atomic E-state index is 13.2. The van der Waals surface area contributed by atoms with E-state index in [9.17, 15) is 14.0 Å². The fraction of sp³-hybridized carbons (Fsp3) is 0.318. The highest BCUT2D eigenvalue weighted by molar-refractivity contribution is 5.97. The maximum Gasteiger partial charge on any atom is 0.261 e. The minimum absolute atomic E-state index is 0.0455. The van der Waals surface area contributed by atoms with Gasteiger partial charge in [0, 0.05) is 18.5 Å². The van der Waals surface area contributed by atoms with E-state index in [-0.39, 0.29) is 29.2 Å². The van der Waals surface area contributed by atoms with Gasteiger partial charge in [-0.05, 0) is 48.2 Å². The number of rotatable bonds is 4. The molecule has 0 radical (unpaired) electrons. The van der Waals surface area contributed by atoms with E-state index in [1.54, 1.807) is 34.9 Å². The summed E-state index contributed by atoms with van der Waals surface area (Å²) in [4.78, 5) is 30.0. The number of carbonyl (C=O) groups is 1. The second-order valence-corrected chi connectivity index (χ2v) is 7.57. The van der Waals surface area contributed by atoms with Gasteiger partial charge in [0.25, 0.3) is 11.5 Å². The van der Waals surface area contributed by atoms with E-state index >= 15 is 0 Å². The fourth-order valence-corrected chi connectivity index (χ4v) is 3.75. The number of amides is 1. The van der Waals surface area contributed by atoms with Crippen molar-refractivity contribution < 1.29 is 9.18 Å². The quantitative estimate of drug-likeness (QED) is 0.753. The smallest absolute Gasteiger partial charge is 0.261 e. The molecule has 1 aliphatic heterocycles. The summed E-state index contributed by atoms with van der Waals surface area (Å²) in [7, 11) is 0. The first-order valence-corrected chi connectivity index (χ1v) is 9.54. The molecule has 1 N–H and O–H groups in total. The Labute approximate surface area is 162 Å². The summed E-state index contributed by atoms with van der Waals surface area (Å²) in [5, 5.41) is 3.56. The van der Waals surface area contributed by atoms with Crippen molar-refractivity contribution in [1.29, 1.82) is 0 Å². The minimum Gasteiger partial charge on any atom is -0.345 e. The third kappa shape index (κ3) is 3.30. The van der Waals surface area contributed by atoms with Crippen molar-refractivity contribution in [1.82, 2.24) is 14.9 Å². The maximum atomic E-state index is 13.2. The lowest BCUT2D eigenvalue weighted by atomic mass is 9.95. The third-order valence-corrected chi connectivity index (χ3v) is 5.26. The summed E-state index contributed by atoms with van der Waals surface area (Å²) in [6.07, 6.45) is 1.70. The van der Waals surface area contributed by atoms with Crippen LogP contribution in [0.15, 0.2) is 47.3 Å². The van der Waals surface area contributed by atoms with Crippen molar-refractivity contribution >= 4 is 16.8 Å². The van der Waals surface area contributed by atoms with Crippen molar-refractivity contribution in [2.75, 3.05) is 0 Å². The number of nitrogens with one attached hydrogen (secondary N) is 1. The zero-order valence-corrected chi connectivity index (χ0v) is 15.9. The number of fused-ring (bicyclic) bond motifs is 2. The molecule has 1 aromatic heterocycles. The Morgan fingerprint density at radius 3 is 2.64 bits per heavy atom. The molecule has 1 amide bonds. The summed E-state index contributed by atoms with van der Waals surface area (Å²) < 4.78 is 14.9. The Hall–Kier alpha value is -3.02. The summed E-state index contributed by atoms with van der Waals surface area (Å²) >= 11 is 0. The first-order valence-electron chi connectivity index (χ1n) is 9.54. The van der Waals surface area contributed by atoms with Crippen LogP contribution in [0.4, 0.5) is 4.39 Å². The molecule has 28 heavy (non-hydrogen) atoms. The van der Waals surface area contributed by atoms with E-state index in [2.05, 4.69) is 10.3 Å². The molecule has 0 saturated heterocycles. The van der Waals surface area contributed by atoms with E-state index in [1.807, 2.05) is 13.8 Å². The van der Waals surface area contributed by atoms with Crippen LogP contribution in [0.2, 0.25) is 0 Å². The predicted octanol–water partition coefficient (Wildman–Crippen LogP) is 3.61. The average Bonchev–Trinajstić information content (AvgIpc) is 3.15. The number of benzene rings is 2. The van der Waals surface area contributed by atoms with E-state index in [0.717, 1.165) is 24.2 Å². The average molecular weight is 379 g/mol. The lowest BCUT2D eigenvalue weighted by Crippen LogP contribution is -2.32. The zero-order chi connectivity index (χ0) is 19.8. The SMILES string of the molecule is CC(C)C(NC(=O)c1ccc2c(=O)n3c(nc2c1)CCC3)c1ccc(F)cc1. The van der Waals surface area contributed by atoms with Crippen LogP contribution in [0.3, 0.4) is 0 Å². The fourth-order valence-electron chi connectivity index (χ4n) is 3.75. The summed E-state index contributed by atoms with van der Waals surface area (Å²) in [5.74, 6) is 0.353. The molecule has 2 heterocycles. The van der Waals surface area contributed by atoms with Gasteiger partial charge in [-0.3, -0.25) is 14.2 Å². The van der Waals surface area contributed by atoms with Crippen molar-refractivity contribution in [3.05, 3.63) is 75.6 Å². The number of hydrogen-bond donors (Lipinski definition) is 1. The standard InChI is InChI=1S/C22H22FN3O2/c1-13(2)20(14-5-8-16(23)9-6-14)25-21(27)15-7-10-17-18(12-15)24-19-4-3-11-26(19)22(17)28/h5-10,12-13,20H,3-4,11H2,1-2H3,(H,25,27). The van der Waals surface area contributed by atoms with Crippen molar-refractivity contribution in [3.8, 4) is 0 Å². The van der Waals surface area contributed by atoms with Gasteiger partial charge in [0.05, 0.1) is 16.9 Å². The van der Waals surface area contributed by atoms with Crippen LogP contribution in [0.5, 0.6) is 0 Å². The third-order valence-electron chi connectivity index (χ3n) is 5.26.